The van der Waals surface area contributed by atoms with Crippen molar-refractivity contribution >= 4 is 0 Å². The van der Waals surface area contributed by atoms with E-state index in [1.165, 1.54) is 5.56 Å². The second-order valence-electron chi connectivity index (χ2n) is 5.91. The number of aliphatic hydroxyl groups excluding tert-OH is 1. The fraction of sp³-hybridized carbons (Fsp3) is 0.471. The smallest absolute Gasteiger partial charge is 0.138 e. The number of methoxy groups -OCH3 is 1. The summed E-state index contributed by atoms with van der Waals surface area (Å²) in [5.74, 6) is 1.69. The van der Waals surface area contributed by atoms with Crippen LogP contribution in [0.5, 0.6) is 5.75 Å². The Bertz CT molecular complexity index is 634. The molecule has 0 saturated carbocycles. The average Bonchev–Trinajstić information content (AvgIpc) is 3.04. The van der Waals surface area contributed by atoms with Crippen molar-refractivity contribution in [1.29, 1.82) is 0 Å². The van der Waals surface area contributed by atoms with Crippen LogP contribution < -0.4 is 4.74 Å². The molecule has 1 N–H and O–H groups in total. The van der Waals surface area contributed by atoms with Crippen molar-refractivity contribution in [3.63, 3.8) is 0 Å². The molecule has 3 rings (SSSR count). The minimum atomic E-state index is -0.309. The topological polar surface area (TPSA) is 58.7 Å². The summed E-state index contributed by atoms with van der Waals surface area (Å²) in [6, 6.07) is 8.24. The quantitative estimate of drug-likeness (QED) is 0.941. The van der Waals surface area contributed by atoms with Crippen molar-refractivity contribution in [3.8, 4) is 5.75 Å². The molecule has 0 radical (unpaired) electrons. The summed E-state index contributed by atoms with van der Waals surface area (Å²) < 4.78 is 10.6. The molecule has 1 aromatic heterocycles. The molecule has 2 heterocycles. The largest absolute Gasteiger partial charge is 0.497 e. The van der Waals surface area contributed by atoms with E-state index in [4.69, 9.17) is 9.26 Å². The lowest BCUT2D eigenvalue weighted by Crippen LogP contribution is -2.24. The van der Waals surface area contributed by atoms with Gasteiger partial charge < -0.3 is 14.4 Å². The van der Waals surface area contributed by atoms with E-state index in [1.807, 2.05) is 32.0 Å². The summed E-state index contributed by atoms with van der Waals surface area (Å²) >= 11 is 0. The zero-order chi connectivity index (χ0) is 15.7. The Hall–Kier alpha value is -1.85. The van der Waals surface area contributed by atoms with E-state index in [2.05, 4.69) is 16.1 Å². The van der Waals surface area contributed by atoms with E-state index in [9.17, 15) is 5.11 Å². The van der Waals surface area contributed by atoms with Gasteiger partial charge in [-0.2, -0.15) is 0 Å². The van der Waals surface area contributed by atoms with Gasteiger partial charge in [-0.05, 0) is 38.0 Å². The number of ether oxygens (including phenoxy) is 1. The van der Waals surface area contributed by atoms with E-state index in [-0.39, 0.29) is 12.1 Å². The van der Waals surface area contributed by atoms with E-state index < -0.39 is 0 Å². The maximum Gasteiger partial charge on any atom is 0.138 e. The van der Waals surface area contributed by atoms with Crippen LogP contribution in [0, 0.1) is 13.8 Å². The molecule has 0 amide bonds. The van der Waals surface area contributed by atoms with Gasteiger partial charge in [0.15, 0.2) is 0 Å². The first kappa shape index (κ1) is 15.1. The fourth-order valence-electron chi connectivity index (χ4n) is 3.18. The first-order valence-electron chi connectivity index (χ1n) is 7.56. The first-order valence-corrected chi connectivity index (χ1v) is 7.56. The lowest BCUT2D eigenvalue weighted by Gasteiger charge is -2.24. The van der Waals surface area contributed by atoms with Gasteiger partial charge in [0.1, 0.15) is 11.5 Å². The van der Waals surface area contributed by atoms with Crippen LogP contribution >= 0.6 is 0 Å². The SMILES string of the molecule is COc1cccc([C@H]2C[C@H](O)CN2Cc2c(C)noc2C)c1. The van der Waals surface area contributed by atoms with Crippen LogP contribution in [-0.2, 0) is 6.54 Å². The third-order valence-corrected chi connectivity index (χ3v) is 4.40. The normalized spacial score (nSPS) is 22.2. The van der Waals surface area contributed by atoms with Crippen LogP contribution in [0.1, 0.15) is 35.0 Å². The zero-order valence-electron chi connectivity index (χ0n) is 13.2. The Balaban J connectivity index is 1.86. The number of aliphatic hydroxyl groups is 1. The number of hydrogen-bond donors (Lipinski definition) is 1. The number of rotatable bonds is 4. The molecule has 2 atom stereocenters. The number of β-amino-alcohol motifs (C(OH)–C–C–N with tert-alkyl or cyclic N) is 1. The summed E-state index contributed by atoms with van der Waals surface area (Å²) in [7, 11) is 1.67. The maximum atomic E-state index is 10.1. The van der Waals surface area contributed by atoms with Gasteiger partial charge in [-0.3, -0.25) is 4.90 Å². The highest BCUT2D eigenvalue weighted by Crippen LogP contribution is 2.35. The second kappa shape index (κ2) is 6.10. The number of likely N-dealkylation sites (tertiary alicyclic amines) is 1. The fourth-order valence-corrected chi connectivity index (χ4v) is 3.18. The van der Waals surface area contributed by atoms with Crippen molar-refractivity contribution in [3.05, 3.63) is 46.8 Å². The van der Waals surface area contributed by atoms with Gasteiger partial charge in [-0.25, -0.2) is 0 Å². The van der Waals surface area contributed by atoms with E-state index >= 15 is 0 Å². The van der Waals surface area contributed by atoms with Crippen LogP contribution in [0.15, 0.2) is 28.8 Å². The van der Waals surface area contributed by atoms with Crippen LogP contribution in [0.2, 0.25) is 0 Å². The molecular formula is C17H22N2O3. The molecule has 0 unspecified atom stereocenters. The first-order chi connectivity index (χ1) is 10.6. The second-order valence-corrected chi connectivity index (χ2v) is 5.91. The Kier molecular flexibility index (Phi) is 4.18. The average molecular weight is 302 g/mol. The zero-order valence-corrected chi connectivity index (χ0v) is 13.2. The molecule has 1 aromatic carbocycles. The highest BCUT2D eigenvalue weighted by Gasteiger charge is 2.33. The summed E-state index contributed by atoms with van der Waals surface area (Å²) in [5.41, 5.74) is 3.20. The Morgan fingerprint density at radius 1 is 1.41 bits per heavy atom. The summed E-state index contributed by atoms with van der Waals surface area (Å²) in [6.45, 7) is 5.29. The minimum Gasteiger partial charge on any atom is -0.497 e. The number of benzene rings is 1. The molecule has 0 aliphatic carbocycles. The number of hydrogen-bond acceptors (Lipinski definition) is 5. The third-order valence-electron chi connectivity index (χ3n) is 4.40. The monoisotopic (exact) mass is 302 g/mol. The van der Waals surface area contributed by atoms with Crippen molar-refractivity contribution in [2.45, 2.75) is 39.0 Å². The van der Waals surface area contributed by atoms with Gasteiger partial charge in [-0.1, -0.05) is 17.3 Å². The summed E-state index contributed by atoms with van der Waals surface area (Å²) in [6.07, 6.45) is 0.424. The number of aromatic nitrogens is 1. The summed E-state index contributed by atoms with van der Waals surface area (Å²) in [4.78, 5) is 2.28. The molecule has 1 aliphatic rings. The minimum absolute atomic E-state index is 0.179. The Labute approximate surface area is 130 Å². The van der Waals surface area contributed by atoms with Crippen LogP contribution in [0.25, 0.3) is 0 Å². The van der Waals surface area contributed by atoms with Crippen molar-refractivity contribution in [2.24, 2.45) is 0 Å². The molecular weight excluding hydrogens is 280 g/mol. The van der Waals surface area contributed by atoms with Crippen molar-refractivity contribution in [2.75, 3.05) is 13.7 Å². The lowest BCUT2D eigenvalue weighted by molar-refractivity contribution is 0.172. The molecule has 22 heavy (non-hydrogen) atoms. The molecule has 1 fully saturated rings. The number of nitrogens with zero attached hydrogens (tertiary/aromatic N) is 2. The van der Waals surface area contributed by atoms with E-state index in [1.54, 1.807) is 7.11 Å². The van der Waals surface area contributed by atoms with Crippen molar-refractivity contribution < 1.29 is 14.4 Å². The van der Waals surface area contributed by atoms with Crippen LogP contribution in [-0.4, -0.2) is 34.9 Å². The third kappa shape index (κ3) is 2.87. The van der Waals surface area contributed by atoms with Crippen LogP contribution in [0.3, 0.4) is 0 Å². The van der Waals surface area contributed by atoms with E-state index in [0.717, 1.165) is 35.7 Å². The summed E-state index contributed by atoms with van der Waals surface area (Å²) in [5, 5.41) is 14.1. The highest BCUT2D eigenvalue weighted by atomic mass is 16.5. The number of aryl methyl sites for hydroxylation is 2. The van der Waals surface area contributed by atoms with Gasteiger partial charge in [0.2, 0.25) is 0 Å². The lowest BCUT2D eigenvalue weighted by atomic mass is 10.0. The van der Waals surface area contributed by atoms with E-state index in [0.29, 0.717) is 6.54 Å². The molecule has 0 bridgehead atoms. The predicted octanol–water partition coefficient (Wildman–Crippen LogP) is 2.61. The van der Waals surface area contributed by atoms with Gasteiger partial charge in [0.05, 0.1) is 18.9 Å². The van der Waals surface area contributed by atoms with Crippen LogP contribution in [0.4, 0.5) is 0 Å². The highest BCUT2D eigenvalue weighted by molar-refractivity contribution is 5.32. The molecule has 118 valence electrons. The van der Waals surface area contributed by atoms with Gasteiger partial charge >= 0.3 is 0 Å². The predicted molar refractivity (Wildman–Crippen MR) is 82.7 cm³/mol. The van der Waals surface area contributed by atoms with Crippen molar-refractivity contribution in [1.82, 2.24) is 10.1 Å². The molecule has 2 aromatic rings. The Morgan fingerprint density at radius 3 is 2.91 bits per heavy atom. The standard InChI is InChI=1S/C17H22N2O3/c1-11-16(12(2)22-18-11)10-19-9-14(20)8-17(19)13-5-4-6-15(7-13)21-3/h4-7,14,17,20H,8-10H2,1-3H3/t14-,17+/m0/s1. The molecule has 1 aliphatic heterocycles. The molecule has 5 heteroatoms. The molecule has 1 saturated heterocycles. The Morgan fingerprint density at radius 2 is 2.23 bits per heavy atom. The maximum absolute atomic E-state index is 10.1. The van der Waals surface area contributed by atoms with Gasteiger partial charge in [0, 0.05) is 24.7 Å². The molecule has 0 spiro atoms. The van der Waals surface area contributed by atoms with Gasteiger partial charge in [-0.15, -0.1) is 0 Å². The molecule has 5 nitrogen and oxygen atoms in total. The van der Waals surface area contributed by atoms with Gasteiger partial charge in [0.25, 0.3) is 0 Å².